The number of hydrogen-bond acceptors (Lipinski definition) is 6. The summed E-state index contributed by atoms with van der Waals surface area (Å²) in [5.74, 6) is 0.290. The first-order valence-electron chi connectivity index (χ1n) is 5.58. The molecule has 0 spiro atoms. The van der Waals surface area contributed by atoms with Gasteiger partial charge in [-0.25, -0.2) is 18.4 Å². The molecule has 0 fully saturated rings. The Morgan fingerprint density at radius 2 is 2.05 bits per heavy atom. The third-order valence-corrected chi connectivity index (χ3v) is 3.07. The number of aromatic nitrogens is 4. The van der Waals surface area contributed by atoms with Crippen LogP contribution >= 0.6 is 0 Å². The summed E-state index contributed by atoms with van der Waals surface area (Å²) < 4.78 is 22.4. The van der Waals surface area contributed by atoms with Crippen molar-refractivity contribution in [3.8, 4) is 11.4 Å². The molecule has 1 unspecified atom stereocenters. The Balaban J connectivity index is 2.07. The van der Waals surface area contributed by atoms with Crippen molar-refractivity contribution in [2.75, 3.05) is 5.75 Å². The molecule has 8 heteroatoms. The SMILES string of the molecule is O=[SH](=O)CC(O)C[n+]1ccc(-c2ncccn2)cn1. The van der Waals surface area contributed by atoms with Crippen LogP contribution in [0.2, 0.25) is 0 Å². The molecule has 2 aromatic heterocycles. The summed E-state index contributed by atoms with van der Waals surface area (Å²) in [4.78, 5) is 8.18. The van der Waals surface area contributed by atoms with Crippen LogP contribution in [0.5, 0.6) is 0 Å². The van der Waals surface area contributed by atoms with E-state index in [1.165, 1.54) is 4.68 Å². The molecule has 0 aliphatic heterocycles. The number of aliphatic hydroxyl groups is 1. The predicted octanol–water partition coefficient (Wildman–Crippen LogP) is -1.20. The fourth-order valence-corrected chi connectivity index (χ4v) is 1.98. The summed E-state index contributed by atoms with van der Waals surface area (Å²) in [6.07, 6.45) is 5.53. The van der Waals surface area contributed by atoms with Crippen molar-refractivity contribution in [3.05, 3.63) is 36.9 Å². The van der Waals surface area contributed by atoms with Gasteiger partial charge in [0.1, 0.15) is 23.0 Å². The second kappa shape index (κ2) is 6.30. The molecule has 0 aliphatic carbocycles. The Morgan fingerprint density at radius 1 is 1.32 bits per heavy atom. The maximum atomic E-state index is 10.5. The Labute approximate surface area is 111 Å². The molecule has 0 amide bonds. The normalized spacial score (nSPS) is 12.5. The van der Waals surface area contributed by atoms with E-state index in [1.807, 2.05) is 0 Å². The average molecular weight is 281 g/mol. The molecule has 2 heterocycles. The molecule has 2 aromatic rings. The lowest BCUT2D eigenvalue weighted by atomic mass is 10.3. The number of aliphatic hydroxyl groups excluding tert-OH is 1. The molecule has 2 rings (SSSR count). The number of rotatable bonds is 5. The van der Waals surface area contributed by atoms with E-state index in [0.717, 1.165) is 5.56 Å². The van der Waals surface area contributed by atoms with Crippen LogP contribution in [0.4, 0.5) is 0 Å². The highest BCUT2D eigenvalue weighted by molar-refractivity contribution is 7.72. The van der Waals surface area contributed by atoms with Gasteiger partial charge in [-0.15, -0.1) is 0 Å². The lowest BCUT2D eigenvalue weighted by Gasteiger charge is -2.01. The van der Waals surface area contributed by atoms with Crippen molar-refractivity contribution in [1.82, 2.24) is 15.1 Å². The molecule has 0 radical (unpaired) electrons. The van der Waals surface area contributed by atoms with Crippen LogP contribution in [0, 0.1) is 0 Å². The molecule has 0 aliphatic rings. The summed E-state index contributed by atoms with van der Waals surface area (Å²) in [5.41, 5.74) is 0.751. The van der Waals surface area contributed by atoms with E-state index < -0.39 is 16.8 Å². The quantitative estimate of drug-likeness (QED) is 0.528. The highest BCUT2D eigenvalue weighted by atomic mass is 32.2. The first-order valence-corrected chi connectivity index (χ1v) is 6.94. The zero-order chi connectivity index (χ0) is 13.7. The molecule has 0 saturated heterocycles. The summed E-state index contributed by atoms with van der Waals surface area (Å²) >= 11 is 0. The smallest absolute Gasteiger partial charge is 0.200 e. The Bertz CT molecular complexity index is 593. The minimum absolute atomic E-state index is 0.124. The van der Waals surface area contributed by atoms with Gasteiger partial charge < -0.3 is 5.11 Å². The van der Waals surface area contributed by atoms with Crippen LogP contribution in [-0.4, -0.2) is 40.4 Å². The summed E-state index contributed by atoms with van der Waals surface area (Å²) in [6.45, 7) is 0.124. The number of hydrogen-bond donors (Lipinski definition) is 2. The van der Waals surface area contributed by atoms with E-state index in [1.54, 1.807) is 36.9 Å². The molecule has 0 saturated carbocycles. The average Bonchev–Trinajstić information content (AvgIpc) is 2.39. The van der Waals surface area contributed by atoms with Crippen molar-refractivity contribution < 1.29 is 18.2 Å². The minimum atomic E-state index is -2.59. The Kier molecular flexibility index (Phi) is 4.48. The second-order valence-corrected chi connectivity index (χ2v) is 4.91. The van der Waals surface area contributed by atoms with E-state index in [0.29, 0.717) is 5.82 Å². The third kappa shape index (κ3) is 4.04. The lowest BCUT2D eigenvalue weighted by molar-refractivity contribution is -0.758. The topological polar surface area (TPSA) is 96.9 Å². The van der Waals surface area contributed by atoms with Crippen molar-refractivity contribution in [2.24, 2.45) is 0 Å². The second-order valence-electron chi connectivity index (χ2n) is 3.88. The van der Waals surface area contributed by atoms with Gasteiger partial charge in [0, 0.05) is 24.0 Å². The van der Waals surface area contributed by atoms with Crippen molar-refractivity contribution >= 4 is 10.7 Å². The van der Waals surface area contributed by atoms with Gasteiger partial charge in [0.05, 0.1) is 5.75 Å². The number of thiol groups is 1. The molecule has 1 N–H and O–H groups in total. The largest absolute Gasteiger partial charge is 0.385 e. The highest BCUT2D eigenvalue weighted by Crippen LogP contribution is 2.09. The Morgan fingerprint density at radius 3 is 2.63 bits per heavy atom. The van der Waals surface area contributed by atoms with Gasteiger partial charge in [0.25, 0.3) is 0 Å². The molecule has 0 aromatic carbocycles. The molecule has 7 nitrogen and oxygen atoms in total. The van der Waals surface area contributed by atoms with E-state index >= 15 is 0 Å². The Hall–Kier alpha value is -1.93. The van der Waals surface area contributed by atoms with Gasteiger partial charge in [-0.05, 0) is 11.2 Å². The van der Waals surface area contributed by atoms with Gasteiger partial charge in [-0.1, -0.05) is 4.68 Å². The van der Waals surface area contributed by atoms with Crippen molar-refractivity contribution in [1.29, 1.82) is 0 Å². The molecular weight excluding hydrogens is 268 g/mol. The van der Waals surface area contributed by atoms with E-state index in [9.17, 15) is 13.5 Å². The van der Waals surface area contributed by atoms with E-state index in [-0.39, 0.29) is 12.3 Å². The van der Waals surface area contributed by atoms with Crippen LogP contribution in [0.1, 0.15) is 0 Å². The van der Waals surface area contributed by atoms with Gasteiger partial charge in [-0.3, -0.25) is 0 Å². The van der Waals surface area contributed by atoms with Crippen LogP contribution in [0.3, 0.4) is 0 Å². The van der Waals surface area contributed by atoms with Crippen LogP contribution in [0.25, 0.3) is 11.4 Å². The summed E-state index contributed by atoms with van der Waals surface area (Å²) in [5, 5.41) is 13.6. The first-order chi connectivity index (χ1) is 9.15. The van der Waals surface area contributed by atoms with Crippen molar-refractivity contribution in [3.63, 3.8) is 0 Å². The van der Waals surface area contributed by atoms with Crippen LogP contribution in [0.15, 0.2) is 36.9 Å². The molecule has 19 heavy (non-hydrogen) atoms. The van der Waals surface area contributed by atoms with Gasteiger partial charge in [-0.2, -0.15) is 0 Å². The van der Waals surface area contributed by atoms with Gasteiger partial charge in [0.2, 0.25) is 6.54 Å². The fourth-order valence-electron chi connectivity index (χ4n) is 1.52. The van der Waals surface area contributed by atoms with Crippen molar-refractivity contribution in [2.45, 2.75) is 12.6 Å². The molecular formula is C11H13N4O3S+. The van der Waals surface area contributed by atoms with Crippen LogP contribution < -0.4 is 4.68 Å². The fraction of sp³-hybridized carbons (Fsp3) is 0.273. The zero-order valence-electron chi connectivity index (χ0n) is 9.96. The lowest BCUT2D eigenvalue weighted by Crippen LogP contribution is -2.44. The van der Waals surface area contributed by atoms with Gasteiger partial charge >= 0.3 is 0 Å². The predicted molar refractivity (Wildman–Crippen MR) is 66.6 cm³/mol. The van der Waals surface area contributed by atoms with Crippen LogP contribution in [-0.2, 0) is 17.2 Å². The van der Waals surface area contributed by atoms with E-state index in [2.05, 4.69) is 15.1 Å². The molecule has 1 atom stereocenters. The molecule has 0 bridgehead atoms. The summed E-state index contributed by atoms with van der Waals surface area (Å²) in [7, 11) is -2.59. The maximum Gasteiger partial charge on any atom is 0.200 e. The monoisotopic (exact) mass is 281 g/mol. The zero-order valence-corrected chi connectivity index (χ0v) is 10.8. The summed E-state index contributed by atoms with van der Waals surface area (Å²) in [6, 6.07) is 3.48. The van der Waals surface area contributed by atoms with Gasteiger partial charge in [0.15, 0.2) is 12.0 Å². The third-order valence-electron chi connectivity index (χ3n) is 2.35. The maximum absolute atomic E-state index is 10.5. The first kappa shape index (κ1) is 13.5. The molecule has 100 valence electrons. The highest BCUT2D eigenvalue weighted by Gasteiger charge is 2.14. The number of nitrogens with zero attached hydrogens (tertiary/aromatic N) is 4. The van der Waals surface area contributed by atoms with E-state index in [4.69, 9.17) is 0 Å². The minimum Gasteiger partial charge on any atom is -0.385 e. The standard InChI is InChI=1S/C11H13N4O3S/c16-10(8-19(17)18)7-15-5-2-9(6-14-15)11-12-3-1-4-13-11/h1-6,10,16,19H,7-8H2/q+1.